The summed E-state index contributed by atoms with van der Waals surface area (Å²) in [4.78, 5) is 23.0. The minimum Gasteiger partial charge on any atom is -0.373 e. The Hall–Kier alpha value is -1.83. The van der Waals surface area contributed by atoms with Crippen LogP contribution in [0.2, 0.25) is 0 Å². The van der Waals surface area contributed by atoms with Crippen LogP contribution >= 0.6 is 11.3 Å². The number of thiazole rings is 1. The van der Waals surface area contributed by atoms with E-state index < -0.39 is 0 Å². The Balaban J connectivity index is 1.48. The van der Waals surface area contributed by atoms with Crippen LogP contribution in [0.15, 0.2) is 35.3 Å². The normalized spacial score (nSPS) is 26.3. The lowest BCUT2D eigenvalue weighted by Gasteiger charge is -2.31. The molecule has 2 fully saturated rings. The molecule has 2 aromatic heterocycles. The van der Waals surface area contributed by atoms with E-state index in [1.54, 1.807) is 17.1 Å². The number of hydrogen-bond acceptors (Lipinski definition) is 6. The van der Waals surface area contributed by atoms with Gasteiger partial charge in [-0.2, -0.15) is 0 Å². The Morgan fingerprint density at radius 2 is 2.38 bits per heavy atom. The molecule has 0 saturated carbocycles. The predicted octanol–water partition coefficient (Wildman–Crippen LogP) is 2.13. The van der Waals surface area contributed by atoms with Crippen molar-refractivity contribution in [3.8, 4) is 0 Å². The van der Waals surface area contributed by atoms with Crippen LogP contribution in [0, 0.1) is 0 Å². The van der Waals surface area contributed by atoms with E-state index in [4.69, 9.17) is 9.47 Å². The van der Waals surface area contributed by atoms with E-state index in [-0.39, 0.29) is 24.2 Å². The number of ether oxygens (including phenoxy) is 2. The molecule has 2 saturated heterocycles. The summed E-state index contributed by atoms with van der Waals surface area (Å²) >= 11 is 1.44. The molecule has 4 heterocycles. The summed E-state index contributed by atoms with van der Waals surface area (Å²) in [5, 5.41) is 1.79. The molecule has 0 unspecified atom stereocenters. The Morgan fingerprint density at radius 3 is 3.17 bits per heavy atom. The molecule has 6 nitrogen and oxygen atoms in total. The van der Waals surface area contributed by atoms with Crippen molar-refractivity contribution in [1.82, 2.24) is 14.9 Å². The van der Waals surface area contributed by atoms with Crippen LogP contribution < -0.4 is 0 Å². The van der Waals surface area contributed by atoms with Gasteiger partial charge >= 0.3 is 0 Å². The molecule has 2 aliphatic heterocycles. The third kappa shape index (κ3) is 3.07. The van der Waals surface area contributed by atoms with Crippen LogP contribution in [0.5, 0.6) is 0 Å². The molecule has 0 spiro atoms. The van der Waals surface area contributed by atoms with Gasteiger partial charge in [0.1, 0.15) is 17.9 Å². The maximum absolute atomic E-state index is 12.7. The average molecular weight is 345 g/mol. The van der Waals surface area contributed by atoms with Crippen molar-refractivity contribution in [1.29, 1.82) is 0 Å². The van der Waals surface area contributed by atoms with Gasteiger partial charge in [0.05, 0.1) is 30.4 Å². The van der Waals surface area contributed by atoms with Gasteiger partial charge < -0.3 is 14.4 Å². The lowest BCUT2D eigenvalue weighted by molar-refractivity contribution is -0.0814. The first-order valence-corrected chi connectivity index (χ1v) is 9.09. The van der Waals surface area contributed by atoms with E-state index >= 15 is 0 Å². The molecule has 4 rings (SSSR count). The fraction of sp³-hybridized carbons (Fsp3) is 0.471. The summed E-state index contributed by atoms with van der Waals surface area (Å²) in [6.45, 7) is 1.69. The second-order valence-corrected chi connectivity index (χ2v) is 6.77. The first kappa shape index (κ1) is 15.7. The molecule has 0 N–H and O–H groups in total. The standard InChI is InChI=1S/C17H19N3O3S/c21-17(13-10-24-11-19-13)20-8-15(16-14(20)5-3-7-22-16)23-9-12-4-1-2-6-18-12/h1-2,4,6,10-11,14-16H,3,5,7-9H2/t14-,15+,16+/m0/s1. The minimum atomic E-state index is -0.125. The van der Waals surface area contributed by atoms with E-state index in [1.807, 2.05) is 23.1 Å². The molecule has 0 aliphatic carbocycles. The van der Waals surface area contributed by atoms with E-state index in [2.05, 4.69) is 9.97 Å². The van der Waals surface area contributed by atoms with E-state index in [0.717, 1.165) is 25.1 Å². The lowest BCUT2D eigenvalue weighted by Crippen LogP contribution is -2.44. The van der Waals surface area contributed by atoms with Gasteiger partial charge in [0.25, 0.3) is 5.91 Å². The van der Waals surface area contributed by atoms with Crippen LogP contribution in [0.4, 0.5) is 0 Å². The number of fused-ring (bicyclic) bond motifs is 1. The number of carbonyl (C=O) groups is 1. The summed E-state index contributed by atoms with van der Waals surface area (Å²) in [5.41, 5.74) is 3.08. The van der Waals surface area contributed by atoms with Crippen LogP contribution in [0.3, 0.4) is 0 Å². The van der Waals surface area contributed by atoms with Gasteiger partial charge in [-0.1, -0.05) is 6.07 Å². The van der Waals surface area contributed by atoms with Crippen LogP contribution in [0.25, 0.3) is 0 Å². The van der Waals surface area contributed by atoms with Crippen molar-refractivity contribution >= 4 is 17.2 Å². The van der Waals surface area contributed by atoms with Gasteiger partial charge in [-0.3, -0.25) is 9.78 Å². The van der Waals surface area contributed by atoms with Gasteiger partial charge in [-0.25, -0.2) is 4.98 Å². The van der Waals surface area contributed by atoms with Crippen molar-refractivity contribution in [2.24, 2.45) is 0 Å². The Kier molecular flexibility index (Phi) is 4.55. The number of rotatable bonds is 4. The van der Waals surface area contributed by atoms with Gasteiger partial charge in [-0.05, 0) is 25.0 Å². The first-order valence-electron chi connectivity index (χ1n) is 8.15. The molecular formula is C17H19N3O3S. The molecule has 1 amide bonds. The third-order valence-electron chi connectivity index (χ3n) is 4.56. The van der Waals surface area contributed by atoms with Gasteiger partial charge in [0.2, 0.25) is 0 Å². The number of amides is 1. The van der Waals surface area contributed by atoms with Crippen molar-refractivity contribution in [3.63, 3.8) is 0 Å². The minimum absolute atomic E-state index is 0.0271. The van der Waals surface area contributed by atoms with Gasteiger partial charge in [0.15, 0.2) is 0 Å². The highest BCUT2D eigenvalue weighted by atomic mass is 32.1. The van der Waals surface area contributed by atoms with Crippen molar-refractivity contribution in [2.75, 3.05) is 13.2 Å². The molecule has 2 aromatic rings. The molecule has 0 aromatic carbocycles. The van der Waals surface area contributed by atoms with Crippen molar-refractivity contribution in [2.45, 2.75) is 37.7 Å². The summed E-state index contributed by atoms with van der Waals surface area (Å²) in [7, 11) is 0. The largest absolute Gasteiger partial charge is 0.373 e. The first-order chi connectivity index (χ1) is 11.8. The van der Waals surface area contributed by atoms with Crippen molar-refractivity contribution in [3.05, 3.63) is 46.7 Å². The van der Waals surface area contributed by atoms with Crippen LogP contribution in [-0.4, -0.2) is 52.2 Å². The lowest BCUT2D eigenvalue weighted by atomic mass is 10.0. The maximum Gasteiger partial charge on any atom is 0.273 e. The Labute approximate surface area is 144 Å². The number of carbonyl (C=O) groups excluding carboxylic acids is 1. The SMILES string of the molecule is O=C(c1cscn1)N1C[C@@H](OCc2ccccn2)[C@@H]2OCCC[C@@H]21. The van der Waals surface area contributed by atoms with Crippen LogP contribution in [-0.2, 0) is 16.1 Å². The fourth-order valence-electron chi connectivity index (χ4n) is 3.43. The second kappa shape index (κ2) is 6.96. The fourth-order valence-corrected chi connectivity index (χ4v) is 3.96. The smallest absolute Gasteiger partial charge is 0.273 e. The summed E-state index contributed by atoms with van der Waals surface area (Å²) < 4.78 is 12.0. The highest BCUT2D eigenvalue weighted by Crippen LogP contribution is 2.32. The summed E-state index contributed by atoms with van der Waals surface area (Å²) in [6, 6.07) is 5.83. The Bertz CT molecular complexity index is 680. The molecule has 24 heavy (non-hydrogen) atoms. The molecule has 2 aliphatic rings. The van der Waals surface area contributed by atoms with Crippen molar-refractivity contribution < 1.29 is 14.3 Å². The van der Waals surface area contributed by atoms with E-state index in [0.29, 0.717) is 18.8 Å². The molecular weight excluding hydrogens is 326 g/mol. The number of aromatic nitrogens is 2. The zero-order chi connectivity index (χ0) is 16.4. The Morgan fingerprint density at radius 1 is 1.42 bits per heavy atom. The third-order valence-corrected chi connectivity index (χ3v) is 5.15. The topological polar surface area (TPSA) is 64.6 Å². The van der Waals surface area contributed by atoms with E-state index in [1.165, 1.54) is 11.3 Å². The quantitative estimate of drug-likeness (QED) is 0.849. The maximum atomic E-state index is 12.7. The van der Waals surface area contributed by atoms with Gasteiger partial charge in [0, 0.05) is 18.2 Å². The summed E-state index contributed by atoms with van der Waals surface area (Å²) in [5.74, 6) is -0.0271. The highest BCUT2D eigenvalue weighted by molar-refractivity contribution is 7.07. The second-order valence-electron chi connectivity index (χ2n) is 6.05. The molecule has 3 atom stereocenters. The molecule has 0 bridgehead atoms. The zero-order valence-electron chi connectivity index (χ0n) is 13.2. The monoisotopic (exact) mass is 345 g/mol. The number of nitrogens with zero attached hydrogens (tertiary/aromatic N) is 3. The summed E-state index contributed by atoms with van der Waals surface area (Å²) in [6.07, 6.45) is 3.48. The predicted molar refractivity (Wildman–Crippen MR) is 88.7 cm³/mol. The zero-order valence-corrected chi connectivity index (χ0v) is 14.0. The average Bonchev–Trinajstić information content (AvgIpc) is 3.29. The molecule has 126 valence electrons. The molecule has 0 radical (unpaired) electrons. The number of pyridine rings is 1. The molecule has 7 heteroatoms. The van der Waals surface area contributed by atoms with E-state index in [9.17, 15) is 4.79 Å². The number of hydrogen-bond donors (Lipinski definition) is 0. The van der Waals surface area contributed by atoms with Crippen LogP contribution in [0.1, 0.15) is 29.0 Å². The van der Waals surface area contributed by atoms with Gasteiger partial charge in [-0.15, -0.1) is 11.3 Å². The highest BCUT2D eigenvalue weighted by Gasteiger charge is 2.47. The number of likely N-dealkylation sites (tertiary alicyclic amines) is 1.